The van der Waals surface area contributed by atoms with Crippen LogP contribution in [0.15, 0.2) is 36.7 Å². The fourth-order valence-corrected chi connectivity index (χ4v) is 3.30. The number of rotatable bonds is 7. The number of amides is 2. The summed E-state index contributed by atoms with van der Waals surface area (Å²) in [5.41, 5.74) is 0.682. The minimum absolute atomic E-state index is 0.0486. The van der Waals surface area contributed by atoms with Gasteiger partial charge in [-0.3, -0.25) is 9.59 Å². The Morgan fingerprint density at radius 3 is 2.59 bits per heavy atom. The number of nitrogens with zero attached hydrogens (tertiary/aromatic N) is 3. The van der Waals surface area contributed by atoms with Gasteiger partial charge in [0.15, 0.2) is 0 Å². The Kier molecular flexibility index (Phi) is 5.78. The number of likely N-dealkylation sites (tertiary alicyclic amines) is 1. The molecule has 0 aliphatic carbocycles. The Morgan fingerprint density at radius 2 is 2.04 bits per heavy atom. The summed E-state index contributed by atoms with van der Waals surface area (Å²) < 4.78 is 7.63. The molecule has 1 fully saturated rings. The normalized spacial score (nSPS) is 15.3. The van der Waals surface area contributed by atoms with Gasteiger partial charge >= 0.3 is 0 Å². The van der Waals surface area contributed by atoms with Crippen LogP contribution in [0.25, 0.3) is 0 Å². The molecule has 7 nitrogen and oxygen atoms in total. The van der Waals surface area contributed by atoms with Gasteiger partial charge in [-0.15, -0.1) is 0 Å². The maximum atomic E-state index is 12.7. The quantitative estimate of drug-likeness (QED) is 0.813. The van der Waals surface area contributed by atoms with E-state index in [0.29, 0.717) is 31.0 Å². The molecule has 1 atom stereocenters. The van der Waals surface area contributed by atoms with Crippen LogP contribution in [0.1, 0.15) is 32.5 Å². The molecule has 1 saturated heterocycles. The fourth-order valence-electron chi connectivity index (χ4n) is 3.30. The Labute approximate surface area is 159 Å². The highest BCUT2D eigenvalue weighted by Gasteiger charge is 2.34. The molecule has 2 aromatic rings. The number of nitrogens with one attached hydrogen (secondary N) is 1. The van der Waals surface area contributed by atoms with E-state index in [2.05, 4.69) is 10.3 Å². The van der Waals surface area contributed by atoms with Crippen molar-refractivity contribution in [2.45, 2.75) is 39.3 Å². The molecule has 1 unspecified atom stereocenters. The second-order valence-corrected chi connectivity index (χ2v) is 7.14. The van der Waals surface area contributed by atoms with Gasteiger partial charge < -0.3 is 19.5 Å². The third-order valence-corrected chi connectivity index (χ3v) is 4.76. The SMILES string of the molecule is CC(C)C(C(=O)Nc1ccc(OCc2nccn2C)cc1)N1CCCC1=O. The van der Waals surface area contributed by atoms with Gasteiger partial charge in [-0.05, 0) is 36.6 Å². The van der Waals surface area contributed by atoms with Gasteiger partial charge in [0, 0.05) is 38.1 Å². The van der Waals surface area contributed by atoms with E-state index in [0.717, 1.165) is 12.2 Å². The predicted molar refractivity (Wildman–Crippen MR) is 102 cm³/mol. The van der Waals surface area contributed by atoms with E-state index in [-0.39, 0.29) is 17.7 Å². The molecule has 2 amide bonds. The Hall–Kier alpha value is -2.83. The van der Waals surface area contributed by atoms with Gasteiger partial charge in [-0.25, -0.2) is 4.98 Å². The third-order valence-electron chi connectivity index (χ3n) is 4.76. The molecule has 1 aromatic carbocycles. The van der Waals surface area contributed by atoms with E-state index >= 15 is 0 Å². The lowest BCUT2D eigenvalue weighted by Crippen LogP contribution is -2.47. The molecule has 1 aromatic heterocycles. The molecule has 1 N–H and O–H groups in total. The zero-order valence-electron chi connectivity index (χ0n) is 16.0. The Bertz CT molecular complexity index is 798. The number of ether oxygens (including phenoxy) is 1. The van der Waals surface area contributed by atoms with Crippen molar-refractivity contribution in [1.82, 2.24) is 14.5 Å². The summed E-state index contributed by atoms with van der Waals surface area (Å²) in [6.45, 7) is 4.95. The maximum absolute atomic E-state index is 12.7. The number of carbonyl (C=O) groups is 2. The topological polar surface area (TPSA) is 76.5 Å². The largest absolute Gasteiger partial charge is 0.486 e. The van der Waals surface area contributed by atoms with Crippen molar-refractivity contribution in [3.05, 3.63) is 42.5 Å². The van der Waals surface area contributed by atoms with E-state index in [1.165, 1.54) is 0 Å². The summed E-state index contributed by atoms with van der Waals surface area (Å²) in [5.74, 6) is 1.49. The summed E-state index contributed by atoms with van der Waals surface area (Å²) in [5, 5.41) is 2.92. The van der Waals surface area contributed by atoms with E-state index in [4.69, 9.17) is 4.74 Å². The van der Waals surface area contributed by atoms with Crippen LogP contribution >= 0.6 is 0 Å². The first-order chi connectivity index (χ1) is 13.0. The van der Waals surface area contributed by atoms with E-state index in [9.17, 15) is 9.59 Å². The van der Waals surface area contributed by atoms with Gasteiger partial charge in [0.1, 0.15) is 24.2 Å². The number of aromatic nitrogens is 2. The number of anilines is 1. The first kappa shape index (κ1) is 18.9. The van der Waals surface area contributed by atoms with Gasteiger partial charge in [-0.1, -0.05) is 13.8 Å². The Morgan fingerprint density at radius 1 is 1.30 bits per heavy atom. The van der Waals surface area contributed by atoms with Crippen LogP contribution in [0.4, 0.5) is 5.69 Å². The standard InChI is InChI=1S/C20H26N4O3/c1-14(2)19(24-11-4-5-18(24)25)20(26)22-15-6-8-16(9-7-15)27-13-17-21-10-12-23(17)3/h6-10,12,14,19H,4-5,11,13H2,1-3H3,(H,22,26). The van der Waals surface area contributed by atoms with Crippen LogP contribution in [-0.4, -0.2) is 38.9 Å². The lowest BCUT2D eigenvalue weighted by Gasteiger charge is -2.29. The number of imidazole rings is 1. The van der Waals surface area contributed by atoms with Crippen molar-refractivity contribution in [2.75, 3.05) is 11.9 Å². The number of aryl methyl sites for hydroxylation is 1. The molecule has 1 aliphatic heterocycles. The van der Waals surface area contributed by atoms with E-state index < -0.39 is 6.04 Å². The predicted octanol–water partition coefficient (Wildman–Crippen LogP) is 2.58. The molecule has 3 rings (SSSR count). The van der Waals surface area contributed by atoms with E-state index in [1.54, 1.807) is 23.2 Å². The molecule has 0 saturated carbocycles. The number of hydrogen-bond acceptors (Lipinski definition) is 4. The maximum Gasteiger partial charge on any atom is 0.247 e. The molecular formula is C20H26N4O3. The monoisotopic (exact) mass is 370 g/mol. The highest BCUT2D eigenvalue weighted by Crippen LogP contribution is 2.22. The van der Waals surface area contributed by atoms with Gasteiger partial charge in [0.25, 0.3) is 0 Å². The van der Waals surface area contributed by atoms with Crippen molar-refractivity contribution in [3.63, 3.8) is 0 Å². The molecular weight excluding hydrogens is 344 g/mol. The smallest absolute Gasteiger partial charge is 0.247 e. The average molecular weight is 370 g/mol. The lowest BCUT2D eigenvalue weighted by molar-refractivity contribution is -0.136. The Balaban J connectivity index is 1.60. The summed E-state index contributed by atoms with van der Waals surface area (Å²) >= 11 is 0. The molecule has 27 heavy (non-hydrogen) atoms. The fraction of sp³-hybridized carbons (Fsp3) is 0.450. The molecule has 7 heteroatoms. The van der Waals surface area contributed by atoms with Crippen molar-refractivity contribution in [3.8, 4) is 5.75 Å². The number of hydrogen-bond donors (Lipinski definition) is 1. The number of carbonyl (C=O) groups excluding carboxylic acids is 2. The highest BCUT2D eigenvalue weighted by molar-refractivity contribution is 5.97. The molecule has 1 aliphatic rings. The molecule has 0 bridgehead atoms. The van der Waals surface area contributed by atoms with Crippen molar-refractivity contribution < 1.29 is 14.3 Å². The van der Waals surface area contributed by atoms with Crippen molar-refractivity contribution in [1.29, 1.82) is 0 Å². The zero-order valence-corrected chi connectivity index (χ0v) is 16.0. The van der Waals surface area contributed by atoms with Gasteiger partial charge in [-0.2, -0.15) is 0 Å². The van der Waals surface area contributed by atoms with Gasteiger partial charge in [0.05, 0.1) is 0 Å². The molecule has 2 heterocycles. The van der Waals surface area contributed by atoms with Crippen LogP contribution in [0.2, 0.25) is 0 Å². The average Bonchev–Trinajstić information content (AvgIpc) is 3.23. The third kappa shape index (κ3) is 4.48. The van der Waals surface area contributed by atoms with E-state index in [1.807, 2.05) is 43.8 Å². The lowest BCUT2D eigenvalue weighted by atomic mass is 10.0. The summed E-state index contributed by atoms with van der Waals surface area (Å²) in [6, 6.07) is 6.77. The van der Waals surface area contributed by atoms with Crippen LogP contribution < -0.4 is 10.1 Å². The molecule has 0 spiro atoms. The minimum Gasteiger partial charge on any atom is -0.486 e. The molecule has 0 radical (unpaired) electrons. The first-order valence-electron chi connectivity index (χ1n) is 9.25. The second kappa shape index (κ2) is 8.24. The van der Waals surface area contributed by atoms with Crippen molar-refractivity contribution in [2.24, 2.45) is 13.0 Å². The molecule has 144 valence electrons. The zero-order chi connectivity index (χ0) is 19.4. The van der Waals surface area contributed by atoms with Crippen LogP contribution in [0.5, 0.6) is 5.75 Å². The summed E-state index contributed by atoms with van der Waals surface area (Å²) in [7, 11) is 1.92. The minimum atomic E-state index is -0.445. The van der Waals surface area contributed by atoms with Gasteiger partial charge in [0.2, 0.25) is 11.8 Å². The summed E-state index contributed by atoms with van der Waals surface area (Å²) in [4.78, 5) is 30.7. The van der Waals surface area contributed by atoms with Crippen LogP contribution in [0, 0.1) is 5.92 Å². The number of benzene rings is 1. The highest BCUT2D eigenvalue weighted by atomic mass is 16.5. The summed E-state index contributed by atoms with van der Waals surface area (Å²) in [6.07, 6.45) is 4.94. The van der Waals surface area contributed by atoms with Crippen LogP contribution in [-0.2, 0) is 23.2 Å². The van der Waals surface area contributed by atoms with Crippen LogP contribution in [0.3, 0.4) is 0 Å². The first-order valence-corrected chi connectivity index (χ1v) is 9.25. The van der Waals surface area contributed by atoms with Crippen molar-refractivity contribution >= 4 is 17.5 Å². The second-order valence-electron chi connectivity index (χ2n) is 7.14.